The lowest BCUT2D eigenvalue weighted by Crippen LogP contribution is -2.10. The fourth-order valence-electron chi connectivity index (χ4n) is 1.77. The molecule has 6 heteroatoms. The van der Waals surface area contributed by atoms with Crippen molar-refractivity contribution >= 4 is 9.84 Å². The van der Waals surface area contributed by atoms with Gasteiger partial charge in [0, 0.05) is 12.3 Å². The van der Waals surface area contributed by atoms with Gasteiger partial charge in [-0.1, -0.05) is 6.92 Å². The molecule has 1 atom stereocenters. The molecule has 5 nitrogen and oxygen atoms in total. The van der Waals surface area contributed by atoms with Crippen LogP contribution in [0.2, 0.25) is 0 Å². The van der Waals surface area contributed by atoms with Gasteiger partial charge in [0.15, 0.2) is 9.84 Å². The molecule has 1 aromatic carbocycles. The number of pyridine rings is 1. The third-order valence-corrected chi connectivity index (χ3v) is 4.20. The Morgan fingerprint density at radius 3 is 2.24 bits per heavy atom. The van der Waals surface area contributed by atoms with E-state index in [1.165, 1.54) is 18.4 Å². The third-order valence-electron chi connectivity index (χ3n) is 3.07. The van der Waals surface area contributed by atoms with Gasteiger partial charge in [-0.15, -0.1) is 0 Å². The van der Waals surface area contributed by atoms with Gasteiger partial charge in [0.25, 0.3) is 0 Å². The molecule has 0 aliphatic carbocycles. The number of nitrogens with two attached hydrogens (primary N) is 1. The highest BCUT2D eigenvalue weighted by Crippen LogP contribution is 2.23. The van der Waals surface area contributed by atoms with Gasteiger partial charge in [-0.2, -0.15) is 0 Å². The maximum Gasteiger partial charge on any atom is 0.175 e. The Labute approximate surface area is 124 Å². The van der Waals surface area contributed by atoms with E-state index >= 15 is 0 Å². The van der Waals surface area contributed by atoms with Gasteiger partial charge in [-0.3, -0.25) is 4.98 Å². The molecule has 1 unspecified atom stereocenters. The average Bonchev–Trinajstić information content (AvgIpc) is 2.47. The summed E-state index contributed by atoms with van der Waals surface area (Å²) in [5.41, 5.74) is 6.71. The number of rotatable bonds is 5. The van der Waals surface area contributed by atoms with Crippen molar-refractivity contribution in [2.75, 3.05) is 6.26 Å². The Hall–Kier alpha value is -1.92. The van der Waals surface area contributed by atoms with E-state index in [-0.39, 0.29) is 10.9 Å². The first-order valence-corrected chi connectivity index (χ1v) is 8.49. The van der Waals surface area contributed by atoms with Crippen molar-refractivity contribution in [2.45, 2.75) is 24.3 Å². The summed E-state index contributed by atoms with van der Waals surface area (Å²) in [5.74, 6) is 1.13. The molecule has 1 heterocycles. The lowest BCUT2D eigenvalue weighted by molar-refractivity contribution is 0.478. The van der Waals surface area contributed by atoms with E-state index in [0.29, 0.717) is 11.5 Å². The highest BCUT2D eigenvalue weighted by atomic mass is 32.2. The van der Waals surface area contributed by atoms with Crippen molar-refractivity contribution in [1.82, 2.24) is 4.98 Å². The minimum absolute atomic E-state index is 0.0758. The molecule has 112 valence electrons. The molecular weight excluding hydrogens is 288 g/mol. The van der Waals surface area contributed by atoms with E-state index in [1.54, 1.807) is 24.4 Å². The van der Waals surface area contributed by atoms with Crippen LogP contribution in [0.3, 0.4) is 0 Å². The Balaban J connectivity index is 2.11. The lowest BCUT2D eigenvalue weighted by Gasteiger charge is -2.10. The van der Waals surface area contributed by atoms with E-state index in [1.807, 2.05) is 13.0 Å². The molecule has 0 saturated heterocycles. The molecule has 21 heavy (non-hydrogen) atoms. The monoisotopic (exact) mass is 306 g/mol. The standard InChI is InChI=1S/C15H18N2O3S/c1-3-14(16)15-9-6-12(10-17-15)20-11-4-7-13(8-5-11)21(2,18)19/h4-10,14H,3,16H2,1-2H3. The lowest BCUT2D eigenvalue weighted by atomic mass is 10.1. The second-order valence-corrected chi connectivity index (χ2v) is 6.79. The van der Waals surface area contributed by atoms with Gasteiger partial charge in [-0.05, 0) is 42.8 Å². The van der Waals surface area contributed by atoms with Gasteiger partial charge in [0.1, 0.15) is 11.5 Å². The molecule has 0 aliphatic heterocycles. The number of benzene rings is 1. The van der Waals surface area contributed by atoms with Gasteiger partial charge >= 0.3 is 0 Å². The predicted molar refractivity (Wildman–Crippen MR) is 81.1 cm³/mol. The van der Waals surface area contributed by atoms with Crippen LogP contribution in [0.4, 0.5) is 0 Å². The van der Waals surface area contributed by atoms with Crippen LogP contribution >= 0.6 is 0 Å². The van der Waals surface area contributed by atoms with E-state index in [0.717, 1.165) is 12.1 Å². The molecule has 2 N–H and O–H groups in total. The van der Waals surface area contributed by atoms with Crippen LogP contribution in [-0.4, -0.2) is 19.7 Å². The Morgan fingerprint density at radius 2 is 1.76 bits per heavy atom. The first-order chi connectivity index (χ1) is 9.90. The molecule has 0 bridgehead atoms. The van der Waals surface area contributed by atoms with E-state index < -0.39 is 9.84 Å². The Morgan fingerprint density at radius 1 is 1.14 bits per heavy atom. The number of hydrogen-bond donors (Lipinski definition) is 1. The fraction of sp³-hybridized carbons (Fsp3) is 0.267. The van der Waals surface area contributed by atoms with Crippen molar-refractivity contribution < 1.29 is 13.2 Å². The summed E-state index contributed by atoms with van der Waals surface area (Å²) >= 11 is 0. The normalized spacial score (nSPS) is 12.9. The predicted octanol–water partition coefficient (Wildman–Crippen LogP) is 2.69. The minimum Gasteiger partial charge on any atom is -0.456 e. The molecule has 1 aromatic heterocycles. The maximum atomic E-state index is 11.4. The summed E-state index contributed by atoms with van der Waals surface area (Å²) < 4.78 is 28.4. The quantitative estimate of drug-likeness (QED) is 0.918. The van der Waals surface area contributed by atoms with Crippen LogP contribution in [0.5, 0.6) is 11.5 Å². The van der Waals surface area contributed by atoms with Crippen LogP contribution in [0.25, 0.3) is 0 Å². The average molecular weight is 306 g/mol. The van der Waals surface area contributed by atoms with Crippen LogP contribution in [0, 0.1) is 0 Å². The third kappa shape index (κ3) is 4.03. The van der Waals surface area contributed by atoms with E-state index in [4.69, 9.17) is 10.5 Å². The number of ether oxygens (including phenoxy) is 1. The van der Waals surface area contributed by atoms with Crippen molar-refractivity contribution in [3.63, 3.8) is 0 Å². The smallest absolute Gasteiger partial charge is 0.175 e. The van der Waals surface area contributed by atoms with Gasteiger partial charge < -0.3 is 10.5 Å². The van der Waals surface area contributed by atoms with Crippen molar-refractivity contribution in [2.24, 2.45) is 5.73 Å². The SMILES string of the molecule is CCC(N)c1ccc(Oc2ccc(S(C)(=O)=O)cc2)cn1. The van der Waals surface area contributed by atoms with Crippen molar-refractivity contribution in [3.05, 3.63) is 48.3 Å². The zero-order valence-corrected chi connectivity index (χ0v) is 12.8. The summed E-state index contributed by atoms with van der Waals surface area (Å²) in [6.45, 7) is 2.00. The summed E-state index contributed by atoms with van der Waals surface area (Å²) in [7, 11) is -3.19. The van der Waals surface area contributed by atoms with Crippen molar-refractivity contribution in [3.8, 4) is 11.5 Å². The summed E-state index contributed by atoms with van der Waals surface area (Å²) in [5, 5.41) is 0. The van der Waals surface area contributed by atoms with Gasteiger partial charge in [-0.25, -0.2) is 8.42 Å². The largest absolute Gasteiger partial charge is 0.456 e. The Kier molecular flexibility index (Phi) is 4.59. The summed E-state index contributed by atoms with van der Waals surface area (Å²) in [6.07, 6.45) is 3.60. The zero-order chi connectivity index (χ0) is 15.5. The topological polar surface area (TPSA) is 82.3 Å². The molecule has 0 amide bonds. The molecule has 0 spiro atoms. The Bertz CT molecular complexity index is 695. The fourth-order valence-corrected chi connectivity index (χ4v) is 2.40. The van der Waals surface area contributed by atoms with Crippen LogP contribution in [-0.2, 0) is 9.84 Å². The molecule has 0 aliphatic rings. The van der Waals surface area contributed by atoms with Crippen molar-refractivity contribution in [1.29, 1.82) is 0 Å². The molecule has 0 saturated carbocycles. The van der Waals surface area contributed by atoms with Gasteiger partial charge in [0.2, 0.25) is 0 Å². The van der Waals surface area contributed by atoms with Gasteiger partial charge in [0.05, 0.1) is 16.8 Å². The van der Waals surface area contributed by atoms with Crippen LogP contribution in [0.15, 0.2) is 47.5 Å². The maximum absolute atomic E-state index is 11.4. The number of aromatic nitrogens is 1. The van der Waals surface area contributed by atoms with E-state index in [2.05, 4.69) is 4.98 Å². The summed E-state index contributed by atoms with van der Waals surface area (Å²) in [6, 6.07) is 9.80. The molecular formula is C15H18N2O3S. The minimum atomic E-state index is -3.19. The van der Waals surface area contributed by atoms with Crippen LogP contribution < -0.4 is 10.5 Å². The van der Waals surface area contributed by atoms with E-state index in [9.17, 15) is 8.42 Å². The highest BCUT2D eigenvalue weighted by Gasteiger charge is 2.08. The second kappa shape index (κ2) is 6.24. The highest BCUT2D eigenvalue weighted by molar-refractivity contribution is 7.90. The molecule has 0 fully saturated rings. The number of nitrogens with zero attached hydrogens (tertiary/aromatic N) is 1. The molecule has 0 radical (unpaired) electrons. The molecule has 2 rings (SSSR count). The number of hydrogen-bond acceptors (Lipinski definition) is 5. The van der Waals surface area contributed by atoms with Crippen LogP contribution in [0.1, 0.15) is 25.1 Å². The second-order valence-electron chi connectivity index (χ2n) is 4.78. The summed E-state index contributed by atoms with van der Waals surface area (Å²) in [4.78, 5) is 4.52. The first-order valence-electron chi connectivity index (χ1n) is 6.59. The molecule has 2 aromatic rings. The number of sulfone groups is 1. The first kappa shape index (κ1) is 15.5. The zero-order valence-electron chi connectivity index (χ0n) is 12.0.